The smallest absolute Gasteiger partial charge is 0.322 e. The first-order chi connectivity index (χ1) is 13.3. The molecule has 3 aromatic rings. The van der Waals surface area contributed by atoms with E-state index in [1.807, 2.05) is 0 Å². The molecule has 3 rings (SSSR count). The Morgan fingerprint density at radius 3 is 2.50 bits per heavy atom. The molecular formula is C18H17N3O6S. The summed E-state index contributed by atoms with van der Waals surface area (Å²) in [7, 11) is -0.564. The molecule has 2 aromatic carbocycles. The quantitative estimate of drug-likeness (QED) is 0.666. The number of nitrogens with zero attached hydrogens (tertiary/aromatic N) is 2. The van der Waals surface area contributed by atoms with Crippen LogP contribution in [0.4, 0.5) is 6.01 Å². The summed E-state index contributed by atoms with van der Waals surface area (Å²) in [6, 6.07) is 10.7. The SMILES string of the molecule is COc1ccc(-c2nnc(NC(=O)c3ccccc3S(C)(=O)=O)o2)c(OC)c1. The van der Waals surface area contributed by atoms with Gasteiger partial charge in [-0.05, 0) is 24.3 Å². The van der Waals surface area contributed by atoms with Gasteiger partial charge in [0.1, 0.15) is 11.5 Å². The number of amides is 1. The van der Waals surface area contributed by atoms with E-state index in [0.717, 1.165) is 6.26 Å². The van der Waals surface area contributed by atoms with Crippen LogP contribution in [0.15, 0.2) is 51.8 Å². The van der Waals surface area contributed by atoms with Gasteiger partial charge in [-0.25, -0.2) is 8.42 Å². The number of ether oxygens (including phenoxy) is 2. The first-order valence-electron chi connectivity index (χ1n) is 8.00. The number of anilines is 1. The van der Waals surface area contributed by atoms with Gasteiger partial charge in [0.15, 0.2) is 9.84 Å². The highest BCUT2D eigenvalue weighted by molar-refractivity contribution is 7.90. The fraction of sp³-hybridized carbons (Fsp3) is 0.167. The predicted molar refractivity (Wildman–Crippen MR) is 100 cm³/mol. The molecule has 0 atom stereocenters. The van der Waals surface area contributed by atoms with Gasteiger partial charge in [0.25, 0.3) is 11.8 Å². The number of carbonyl (C=O) groups excluding carboxylic acids is 1. The highest BCUT2D eigenvalue weighted by Gasteiger charge is 2.21. The molecule has 0 unspecified atom stereocenters. The van der Waals surface area contributed by atoms with Crippen molar-refractivity contribution < 1.29 is 27.1 Å². The number of sulfone groups is 1. The average molecular weight is 403 g/mol. The van der Waals surface area contributed by atoms with E-state index in [4.69, 9.17) is 13.9 Å². The molecule has 9 nitrogen and oxygen atoms in total. The van der Waals surface area contributed by atoms with Crippen LogP contribution in [-0.2, 0) is 9.84 Å². The Morgan fingerprint density at radius 1 is 1.07 bits per heavy atom. The zero-order valence-corrected chi connectivity index (χ0v) is 16.1. The van der Waals surface area contributed by atoms with Crippen molar-refractivity contribution in [3.05, 3.63) is 48.0 Å². The van der Waals surface area contributed by atoms with Crippen LogP contribution in [0.1, 0.15) is 10.4 Å². The minimum Gasteiger partial charge on any atom is -0.497 e. The molecule has 0 saturated carbocycles. The summed E-state index contributed by atoms with van der Waals surface area (Å²) in [5.74, 6) is 0.471. The van der Waals surface area contributed by atoms with E-state index in [-0.39, 0.29) is 22.4 Å². The predicted octanol–water partition coefficient (Wildman–Crippen LogP) is 2.41. The number of methoxy groups -OCH3 is 2. The summed E-state index contributed by atoms with van der Waals surface area (Å²) in [6.45, 7) is 0. The highest BCUT2D eigenvalue weighted by Crippen LogP contribution is 2.33. The first kappa shape index (κ1) is 19.4. The molecule has 0 spiro atoms. The van der Waals surface area contributed by atoms with Crippen LogP contribution in [0.5, 0.6) is 11.5 Å². The van der Waals surface area contributed by atoms with E-state index in [1.165, 1.54) is 32.4 Å². The Kier molecular flexibility index (Phi) is 5.32. The van der Waals surface area contributed by atoms with E-state index < -0.39 is 15.7 Å². The van der Waals surface area contributed by atoms with Crippen molar-refractivity contribution in [3.63, 3.8) is 0 Å². The Labute approximate surface area is 161 Å². The van der Waals surface area contributed by atoms with E-state index >= 15 is 0 Å². The maximum Gasteiger partial charge on any atom is 0.322 e. The number of aromatic nitrogens is 2. The van der Waals surface area contributed by atoms with E-state index in [1.54, 1.807) is 24.3 Å². The fourth-order valence-electron chi connectivity index (χ4n) is 2.50. The van der Waals surface area contributed by atoms with Gasteiger partial charge in [-0.2, -0.15) is 0 Å². The topological polar surface area (TPSA) is 121 Å². The molecule has 0 radical (unpaired) electrons. The van der Waals surface area contributed by atoms with Crippen molar-refractivity contribution >= 4 is 21.8 Å². The molecule has 0 aliphatic rings. The lowest BCUT2D eigenvalue weighted by Crippen LogP contribution is -2.16. The standard InChI is InChI=1S/C18H17N3O6S/c1-25-11-8-9-12(14(10-11)26-2)17-20-21-18(27-17)19-16(22)13-6-4-5-7-15(13)28(3,23)24/h4-10H,1-3H3,(H,19,21,22). The van der Waals surface area contributed by atoms with Gasteiger partial charge < -0.3 is 13.9 Å². The van der Waals surface area contributed by atoms with Crippen LogP contribution in [0, 0.1) is 0 Å². The normalized spacial score (nSPS) is 11.1. The molecule has 0 saturated heterocycles. The second kappa shape index (κ2) is 7.69. The van der Waals surface area contributed by atoms with Gasteiger partial charge in [-0.15, -0.1) is 5.10 Å². The molecule has 146 valence electrons. The molecular weight excluding hydrogens is 386 g/mol. The van der Waals surface area contributed by atoms with Gasteiger partial charge in [0.2, 0.25) is 0 Å². The largest absolute Gasteiger partial charge is 0.497 e. The van der Waals surface area contributed by atoms with Crippen LogP contribution in [0.2, 0.25) is 0 Å². The van der Waals surface area contributed by atoms with Crippen molar-refractivity contribution in [2.75, 3.05) is 25.8 Å². The average Bonchev–Trinajstić information content (AvgIpc) is 3.14. The third-order valence-electron chi connectivity index (χ3n) is 3.82. The third kappa shape index (κ3) is 3.96. The number of hydrogen-bond acceptors (Lipinski definition) is 8. The van der Waals surface area contributed by atoms with E-state index in [9.17, 15) is 13.2 Å². The maximum absolute atomic E-state index is 12.5. The third-order valence-corrected chi connectivity index (χ3v) is 4.97. The van der Waals surface area contributed by atoms with Crippen molar-refractivity contribution in [3.8, 4) is 23.0 Å². The van der Waals surface area contributed by atoms with Crippen molar-refractivity contribution in [1.29, 1.82) is 0 Å². The number of rotatable bonds is 6. The summed E-state index contributed by atoms with van der Waals surface area (Å²) in [5.41, 5.74) is 0.486. The molecule has 1 N–H and O–H groups in total. The first-order valence-corrected chi connectivity index (χ1v) is 9.89. The minimum atomic E-state index is -3.58. The fourth-order valence-corrected chi connectivity index (χ4v) is 3.39. The van der Waals surface area contributed by atoms with E-state index in [0.29, 0.717) is 17.1 Å². The van der Waals surface area contributed by atoms with Crippen molar-refractivity contribution in [2.24, 2.45) is 0 Å². The molecule has 0 aliphatic carbocycles. The molecule has 0 fully saturated rings. The lowest BCUT2D eigenvalue weighted by atomic mass is 10.2. The summed E-state index contributed by atoms with van der Waals surface area (Å²) in [4.78, 5) is 12.4. The number of hydrogen-bond donors (Lipinski definition) is 1. The summed E-state index contributed by atoms with van der Waals surface area (Å²) < 4.78 is 39.6. The monoisotopic (exact) mass is 403 g/mol. The lowest BCUT2D eigenvalue weighted by molar-refractivity contribution is 0.102. The number of nitrogens with one attached hydrogen (secondary N) is 1. The van der Waals surface area contributed by atoms with E-state index in [2.05, 4.69) is 15.5 Å². The van der Waals surface area contributed by atoms with Crippen LogP contribution in [-0.4, -0.2) is 45.0 Å². The molecule has 1 heterocycles. The highest BCUT2D eigenvalue weighted by atomic mass is 32.2. The van der Waals surface area contributed by atoms with Crippen LogP contribution in [0.3, 0.4) is 0 Å². The zero-order chi connectivity index (χ0) is 20.3. The van der Waals surface area contributed by atoms with Crippen molar-refractivity contribution in [2.45, 2.75) is 4.90 Å². The van der Waals surface area contributed by atoms with Gasteiger partial charge >= 0.3 is 6.01 Å². The van der Waals surface area contributed by atoms with Crippen molar-refractivity contribution in [1.82, 2.24) is 10.2 Å². The Balaban J connectivity index is 1.88. The summed E-state index contributed by atoms with van der Waals surface area (Å²) in [5, 5.41) is 10.1. The second-order valence-electron chi connectivity index (χ2n) is 5.70. The molecule has 0 bridgehead atoms. The molecule has 1 amide bonds. The van der Waals surface area contributed by atoms with Crippen LogP contribution < -0.4 is 14.8 Å². The Bertz CT molecular complexity index is 1120. The van der Waals surface area contributed by atoms with Gasteiger partial charge in [-0.1, -0.05) is 17.2 Å². The van der Waals surface area contributed by atoms with Crippen LogP contribution >= 0.6 is 0 Å². The van der Waals surface area contributed by atoms with Crippen LogP contribution in [0.25, 0.3) is 11.5 Å². The number of carbonyl (C=O) groups is 1. The summed E-state index contributed by atoms with van der Waals surface area (Å²) in [6.07, 6.45) is 1.03. The maximum atomic E-state index is 12.5. The molecule has 10 heteroatoms. The Morgan fingerprint density at radius 2 is 1.82 bits per heavy atom. The van der Waals surface area contributed by atoms with Gasteiger partial charge in [0.05, 0.1) is 30.2 Å². The lowest BCUT2D eigenvalue weighted by Gasteiger charge is -2.07. The number of benzene rings is 2. The van der Waals surface area contributed by atoms with Gasteiger partial charge in [0, 0.05) is 12.3 Å². The van der Waals surface area contributed by atoms with Gasteiger partial charge in [-0.3, -0.25) is 10.1 Å². The minimum absolute atomic E-state index is 0.0215. The summed E-state index contributed by atoms with van der Waals surface area (Å²) >= 11 is 0. The second-order valence-corrected chi connectivity index (χ2v) is 7.69. The molecule has 1 aromatic heterocycles. The Hall–Kier alpha value is -3.40. The zero-order valence-electron chi connectivity index (χ0n) is 15.3. The molecule has 0 aliphatic heterocycles. The molecule has 28 heavy (non-hydrogen) atoms.